The summed E-state index contributed by atoms with van der Waals surface area (Å²) in [7, 11) is 0. The summed E-state index contributed by atoms with van der Waals surface area (Å²) >= 11 is 0. The first-order valence-corrected chi connectivity index (χ1v) is 5.15. The summed E-state index contributed by atoms with van der Waals surface area (Å²) < 4.78 is 0. The van der Waals surface area contributed by atoms with E-state index in [2.05, 4.69) is 20.8 Å². The molecule has 1 aliphatic rings. The molecule has 0 aliphatic heterocycles. The van der Waals surface area contributed by atoms with Crippen LogP contribution in [-0.2, 0) is 0 Å². The molecule has 13 heavy (non-hydrogen) atoms. The standard InChI is InChI=1S/C10H22N2O/c1-10(2,3)12(11)8-6-4-5-7-9(8)13/h8-9,13H,4-7,11H2,1-3H3. The molecule has 0 amide bonds. The molecular formula is C10H22N2O. The maximum Gasteiger partial charge on any atom is 0.0709 e. The summed E-state index contributed by atoms with van der Waals surface area (Å²) in [5.41, 5.74) is -0.0526. The molecule has 0 radical (unpaired) electrons. The van der Waals surface area contributed by atoms with Crippen molar-refractivity contribution in [3.8, 4) is 0 Å². The molecule has 0 heterocycles. The van der Waals surface area contributed by atoms with E-state index < -0.39 is 0 Å². The normalized spacial score (nSPS) is 30.9. The first-order chi connectivity index (χ1) is 5.93. The average molecular weight is 186 g/mol. The molecule has 0 aromatic rings. The number of aliphatic hydroxyl groups excluding tert-OH is 1. The van der Waals surface area contributed by atoms with Gasteiger partial charge in [-0.1, -0.05) is 12.8 Å². The fourth-order valence-corrected chi connectivity index (χ4v) is 1.91. The number of hydrogen-bond donors (Lipinski definition) is 2. The highest BCUT2D eigenvalue weighted by molar-refractivity contribution is 4.86. The summed E-state index contributed by atoms with van der Waals surface area (Å²) in [6.45, 7) is 6.23. The van der Waals surface area contributed by atoms with Crippen LogP contribution in [0.2, 0.25) is 0 Å². The lowest BCUT2D eigenvalue weighted by molar-refractivity contribution is -0.0241. The van der Waals surface area contributed by atoms with Crippen LogP contribution in [0.1, 0.15) is 46.5 Å². The Kier molecular flexibility index (Phi) is 3.33. The lowest BCUT2D eigenvalue weighted by Crippen LogP contribution is -2.57. The Bertz CT molecular complexity index is 165. The largest absolute Gasteiger partial charge is 0.391 e. The van der Waals surface area contributed by atoms with E-state index in [1.165, 1.54) is 6.42 Å². The van der Waals surface area contributed by atoms with Crippen molar-refractivity contribution in [2.45, 2.75) is 64.1 Å². The number of rotatable bonds is 1. The van der Waals surface area contributed by atoms with Gasteiger partial charge in [-0.15, -0.1) is 0 Å². The molecule has 2 atom stereocenters. The van der Waals surface area contributed by atoms with Crippen LogP contribution in [-0.4, -0.2) is 27.8 Å². The molecule has 0 saturated heterocycles. The molecule has 0 aromatic heterocycles. The summed E-state index contributed by atoms with van der Waals surface area (Å²) in [6.07, 6.45) is 4.00. The van der Waals surface area contributed by atoms with Crippen LogP contribution in [0.4, 0.5) is 0 Å². The Hall–Kier alpha value is -0.120. The van der Waals surface area contributed by atoms with Crippen LogP contribution in [0, 0.1) is 0 Å². The van der Waals surface area contributed by atoms with Crippen LogP contribution in [0.5, 0.6) is 0 Å². The van der Waals surface area contributed by atoms with Crippen molar-refractivity contribution in [1.29, 1.82) is 0 Å². The van der Waals surface area contributed by atoms with E-state index in [0.29, 0.717) is 0 Å². The summed E-state index contributed by atoms with van der Waals surface area (Å²) in [5.74, 6) is 5.99. The molecule has 3 nitrogen and oxygen atoms in total. The van der Waals surface area contributed by atoms with Gasteiger partial charge in [0, 0.05) is 5.54 Å². The average Bonchev–Trinajstić information content (AvgIpc) is 2.02. The Morgan fingerprint density at radius 3 is 2.23 bits per heavy atom. The van der Waals surface area contributed by atoms with Gasteiger partial charge in [0.15, 0.2) is 0 Å². The molecule has 3 heteroatoms. The van der Waals surface area contributed by atoms with Crippen molar-refractivity contribution < 1.29 is 5.11 Å². The molecule has 0 aromatic carbocycles. The monoisotopic (exact) mass is 186 g/mol. The van der Waals surface area contributed by atoms with E-state index in [4.69, 9.17) is 5.84 Å². The van der Waals surface area contributed by atoms with Crippen molar-refractivity contribution >= 4 is 0 Å². The molecule has 0 spiro atoms. The molecule has 1 rings (SSSR count). The van der Waals surface area contributed by atoms with Gasteiger partial charge in [-0.2, -0.15) is 0 Å². The van der Waals surface area contributed by atoms with Crippen molar-refractivity contribution in [2.75, 3.05) is 0 Å². The van der Waals surface area contributed by atoms with Gasteiger partial charge in [0.25, 0.3) is 0 Å². The van der Waals surface area contributed by atoms with Gasteiger partial charge in [-0.3, -0.25) is 5.84 Å². The molecule has 3 N–H and O–H groups in total. The third kappa shape index (κ3) is 2.66. The first kappa shape index (κ1) is 11.0. The summed E-state index contributed by atoms with van der Waals surface area (Å²) in [4.78, 5) is 0. The van der Waals surface area contributed by atoms with Crippen LogP contribution in [0.25, 0.3) is 0 Å². The zero-order valence-corrected chi connectivity index (χ0v) is 8.95. The Morgan fingerprint density at radius 2 is 1.77 bits per heavy atom. The fourth-order valence-electron chi connectivity index (χ4n) is 1.91. The minimum absolute atomic E-state index is 0.0526. The van der Waals surface area contributed by atoms with Crippen LogP contribution in [0.3, 0.4) is 0 Å². The van der Waals surface area contributed by atoms with E-state index >= 15 is 0 Å². The SMILES string of the molecule is CC(C)(C)N(N)C1CCCCC1O. The zero-order valence-electron chi connectivity index (χ0n) is 8.95. The second-order valence-electron chi connectivity index (χ2n) is 5.00. The first-order valence-electron chi connectivity index (χ1n) is 5.15. The minimum Gasteiger partial charge on any atom is -0.391 e. The molecular weight excluding hydrogens is 164 g/mol. The van der Waals surface area contributed by atoms with E-state index in [0.717, 1.165) is 19.3 Å². The second-order valence-corrected chi connectivity index (χ2v) is 5.00. The quantitative estimate of drug-likeness (QED) is 0.479. The topological polar surface area (TPSA) is 49.5 Å². The highest BCUT2D eigenvalue weighted by atomic mass is 16.3. The molecule has 2 unspecified atom stereocenters. The predicted molar refractivity (Wildman–Crippen MR) is 54.0 cm³/mol. The Balaban J connectivity index is 2.58. The van der Waals surface area contributed by atoms with Gasteiger partial charge in [-0.25, -0.2) is 5.01 Å². The molecule has 1 fully saturated rings. The van der Waals surface area contributed by atoms with Crippen molar-refractivity contribution in [1.82, 2.24) is 5.01 Å². The molecule has 0 bridgehead atoms. The van der Waals surface area contributed by atoms with Crippen LogP contribution in [0.15, 0.2) is 0 Å². The molecule has 1 aliphatic carbocycles. The fraction of sp³-hybridized carbons (Fsp3) is 1.00. The Morgan fingerprint density at radius 1 is 1.23 bits per heavy atom. The number of nitrogens with two attached hydrogens (primary N) is 1. The number of hydrazine groups is 1. The summed E-state index contributed by atoms with van der Waals surface area (Å²) in [6, 6.07) is 0.147. The number of aliphatic hydroxyl groups is 1. The van der Waals surface area contributed by atoms with Gasteiger partial charge in [-0.05, 0) is 33.6 Å². The maximum absolute atomic E-state index is 9.78. The van der Waals surface area contributed by atoms with Gasteiger partial charge in [0.1, 0.15) is 0 Å². The second kappa shape index (κ2) is 3.95. The van der Waals surface area contributed by atoms with Gasteiger partial charge < -0.3 is 5.11 Å². The van der Waals surface area contributed by atoms with Gasteiger partial charge >= 0.3 is 0 Å². The number of nitrogens with zero attached hydrogens (tertiary/aromatic N) is 1. The highest BCUT2D eigenvalue weighted by Crippen LogP contribution is 2.25. The molecule has 78 valence electrons. The van der Waals surface area contributed by atoms with Crippen molar-refractivity contribution in [2.24, 2.45) is 5.84 Å². The highest BCUT2D eigenvalue weighted by Gasteiger charge is 2.32. The van der Waals surface area contributed by atoms with E-state index in [1.54, 1.807) is 0 Å². The van der Waals surface area contributed by atoms with Gasteiger partial charge in [0.2, 0.25) is 0 Å². The number of hydrogen-bond acceptors (Lipinski definition) is 3. The minimum atomic E-state index is -0.238. The van der Waals surface area contributed by atoms with Crippen LogP contribution < -0.4 is 5.84 Å². The lowest BCUT2D eigenvalue weighted by Gasteiger charge is -2.42. The van der Waals surface area contributed by atoms with Crippen LogP contribution >= 0.6 is 0 Å². The Labute approximate surface area is 80.9 Å². The smallest absolute Gasteiger partial charge is 0.0709 e. The lowest BCUT2D eigenvalue weighted by atomic mass is 9.90. The zero-order chi connectivity index (χ0) is 10.1. The maximum atomic E-state index is 9.78. The predicted octanol–water partition coefficient (Wildman–Crippen LogP) is 1.26. The third-order valence-corrected chi connectivity index (χ3v) is 2.83. The summed E-state index contributed by atoms with van der Waals surface area (Å²) in [5, 5.41) is 11.6. The van der Waals surface area contributed by atoms with E-state index in [-0.39, 0.29) is 17.7 Å². The van der Waals surface area contributed by atoms with Crippen molar-refractivity contribution in [3.05, 3.63) is 0 Å². The van der Waals surface area contributed by atoms with Crippen molar-refractivity contribution in [3.63, 3.8) is 0 Å². The van der Waals surface area contributed by atoms with E-state index in [9.17, 15) is 5.11 Å². The third-order valence-electron chi connectivity index (χ3n) is 2.83. The van der Waals surface area contributed by atoms with Gasteiger partial charge in [0.05, 0.1) is 12.1 Å². The molecule has 1 saturated carbocycles. The van der Waals surface area contributed by atoms with E-state index in [1.807, 2.05) is 5.01 Å².